The van der Waals surface area contributed by atoms with E-state index in [1.165, 1.54) is 26.1 Å². The maximum atomic E-state index is 12.3. The number of non-ortho nitro benzene ring substituents is 1. The van der Waals surface area contributed by atoms with Crippen LogP contribution in [0.4, 0.5) is 5.69 Å². The quantitative estimate of drug-likeness (QED) is 0.641. The average Bonchev–Trinajstić information content (AvgIpc) is 2.36. The number of nitro groups is 1. The average molecular weight is 288 g/mol. The van der Waals surface area contributed by atoms with Gasteiger partial charge in [0.25, 0.3) is 5.69 Å². The van der Waals surface area contributed by atoms with Crippen molar-refractivity contribution in [2.24, 2.45) is 0 Å². The minimum absolute atomic E-state index is 0.000833. The van der Waals surface area contributed by atoms with Crippen LogP contribution in [-0.4, -0.2) is 42.4 Å². The molecule has 0 saturated carbocycles. The van der Waals surface area contributed by atoms with Crippen molar-refractivity contribution in [1.29, 1.82) is 0 Å². The van der Waals surface area contributed by atoms with Gasteiger partial charge < -0.3 is 5.11 Å². The van der Waals surface area contributed by atoms with Gasteiger partial charge in [0.15, 0.2) is 0 Å². The van der Waals surface area contributed by atoms with Crippen molar-refractivity contribution in [1.82, 2.24) is 4.31 Å². The summed E-state index contributed by atoms with van der Waals surface area (Å²) in [6, 6.07) is 3.00. The minimum Gasteiger partial charge on any atom is -0.395 e. The van der Waals surface area contributed by atoms with Gasteiger partial charge in [-0.15, -0.1) is 0 Å². The third kappa shape index (κ3) is 3.09. The Bertz CT molecular complexity index is 585. The zero-order valence-electron chi connectivity index (χ0n) is 10.9. The van der Waals surface area contributed by atoms with Crippen molar-refractivity contribution in [2.45, 2.75) is 24.8 Å². The molecule has 0 heterocycles. The van der Waals surface area contributed by atoms with E-state index in [1.807, 2.05) is 0 Å². The number of hydrogen-bond acceptors (Lipinski definition) is 5. The lowest BCUT2D eigenvalue weighted by Crippen LogP contribution is -2.37. The van der Waals surface area contributed by atoms with Crippen molar-refractivity contribution >= 4 is 15.7 Å². The number of likely N-dealkylation sites (N-methyl/N-ethyl adjacent to an activating group) is 1. The van der Waals surface area contributed by atoms with Crippen LogP contribution in [0.5, 0.6) is 0 Å². The van der Waals surface area contributed by atoms with E-state index < -0.39 is 21.0 Å². The van der Waals surface area contributed by atoms with Gasteiger partial charge >= 0.3 is 0 Å². The smallest absolute Gasteiger partial charge is 0.269 e. The zero-order chi connectivity index (χ0) is 14.8. The summed E-state index contributed by atoms with van der Waals surface area (Å²) in [5.41, 5.74) is 0.139. The Kier molecular flexibility index (Phi) is 4.61. The molecule has 19 heavy (non-hydrogen) atoms. The summed E-state index contributed by atoms with van der Waals surface area (Å²) in [5.74, 6) is 0. The van der Waals surface area contributed by atoms with E-state index in [1.54, 1.807) is 6.92 Å². The Balaban J connectivity index is 3.27. The first kappa shape index (κ1) is 15.5. The van der Waals surface area contributed by atoms with Crippen LogP contribution in [0.3, 0.4) is 0 Å². The Morgan fingerprint density at radius 1 is 1.47 bits per heavy atom. The molecule has 1 atom stereocenters. The summed E-state index contributed by atoms with van der Waals surface area (Å²) in [6.07, 6.45) is 0. The second-order valence-corrected chi connectivity index (χ2v) is 6.23. The van der Waals surface area contributed by atoms with Crippen LogP contribution in [0, 0.1) is 17.0 Å². The van der Waals surface area contributed by atoms with Crippen LogP contribution in [0.15, 0.2) is 23.1 Å². The number of benzene rings is 1. The SMILES string of the molecule is Cc1cc([N+](=O)[O-])ccc1S(=O)(=O)N(C)C(C)CO. The highest BCUT2D eigenvalue weighted by Crippen LogP contribution is 2.24. The van der Waals surface area contributed by atoms with Gasteiger partial charge in [0, 0.05) is 25.2 Å². The van der Waals surface area contributed by atoms with Gasteiger partial charge in [-0.25, -0.2) is 8.42 Å². The summed E-state index contributed by atoms with van der Waals surface area (Å²) in [7, 11) is -2.41. The summed E-state index contributed by atoms with van der Waals surface area (Å²) in [4.78, 5) is 10.0. The van der Waals surface area contributed by atoms with Crippen LogP contribution in [0.2, 0.25) is 0 Å². The van der Waals surface area contributed by atoms with E-state index in [4.69, 9.17) is 5.11 Å². The largest absolute Gasteiger partial charge is 0.395 e. The topological polar surface area (TPSA) is 101 Å². The summed E-state index contributed by atoms with van der Waals surface area (Å²) >= 11 is 0. The van der Waals surface area contributed by atoms with E-state index in [-0.39, 0.29) is 17.2 Å². The molecule has 1 aromatic rings. The minimum atomic E-state index is -3.77. The van der Waals surface area contributed by atoms with E-state index >= 15 is 0 Å². The van der Waals surface area contributed by atoms with Gasteiger partial charge in [0.05, 0.1) is 16.4 Å². The molecule has 0 spiro atoms. The molecule has 0 aliphatic carbocycles. The highest BCUT2D eigenvalue weighted by molar-refractivity contribution is 7.89. The molecular formula is C11H16N2O5S. The van der Waals surface area contributed by atoms with Gasteiger partial charge in [-0.05, 0) is 25.5 Å². The molecule has 0 aliphatic rings. The summed E-state index contributed by atoms with van der Waals surface area (Å²) in [6.45, 7) is 2.76. The zero-order valence-corrected chi connectivity index (χ0v) is 11.7. The van der Waals surface area contributed by atoms with E-state index in [0.717, 1.165) is 10.4 Å². The summed E-state index contributed by atoms with van der Waals surface area (Å²) in [5, 5.41) is 19.6. The second kappa shape index (κ2) is 5.64. The van der Waals surface area contributed by atoms with Crippen LogP contribution >= 0.6 is 0 Å². The summed E-state index contributed by atoms with van der Waals surface area (Å²) < 4.78 is 25.6. The molecule has 1 aromatic carbocycles. The number of hydrogen-bond donors (Lipinski definition) is 1. The lowest BCUT2D eigenvalue weighted by atomic mass is 10.2. The predicted molar refractivity (Wildman–Crippen MR) is 69.3 cm³/mol. The highest BCUT2D eigenvalue weighted by atomic mass is 32.2. The number of nitro benzene ring substituents is 1. The molecule has 0 amide bonds. The van der Waals surface area contributed by atoms with Gasteiger partial charge in [-0.1, -0.05) is 0 Å². The molecule has 0 bridgehead atoms. The number of aryl methyl sites for hydroxylation is 1. The van der Waals surface area contributed by atoms with Gasteiger partial charge in [-0.3, -0.25) is 10.1 Å². The number of nitrogens with zero attached hydrogens (tertiary/aromatic N) is 2. The van der Waals surface area contributed by atoms with Crippen molar-refractivity contribution in [2.75, 3.05) is 13.7 Å². The predicted octanol–water partition coefficient (Wildman–Crippen LogP) is 0.905. The molecule has 1 N–H and O–H groups in total. The lowest BCUT2D eigenvalue weighted by molar-refractivity contribution is -0.385. The molecule has 1 unspecified atom stereocenters. The number of rotatable bonds is 5. The molecule has 106 valence electrons. The number of sulfonamides is 1. The third-order valence-electron chi connectivity index (χ3n) is 2.91. The monoisotopic (exact) mass is 288 g/mol. The van der Waals surface area contributed by atoms with E-state index in [9.17, 15) is 18.5 Å². The molecule has 0 radical (unpaired) electrons. The Morgan fingerprint density at radius 2 is 2.05 bits per heavy atom. The van der Waals surface area contributed by atoms with Gasteiger partial charge in [0.1, 0.15) is 0 Å². The molecule has 7 nitrogen and oxygen atoms in total. The van der Waals surface area contributed by atoms with Gasteiger partial charge in [-0.2, -0.15) is 4.31 Å². The maximum absolute atomic E-state index is 12.3. The Labute approximate surface area is 111 Å². The molecule has 0 aromatic heterocycles. The van der Waals surface area contributed by atoms with E-state index in [2.05, 4.69) is 0 Å². The van der Waals surface area contributed by atoms with Crippen molar-refractivity contribution in [3.05, 3.63) is 33.9 Å². The first-order valence-electron chi connectivity index (χ1n) is 5.55. The van der Waals surface area contributed by atoms with Crippen molar-refractivity contribution in [3.8, 4) is 0 Å². The fourth-order valence-electron chi connectivity index (χ4n) is 1.54. The molecule has 0 aliphatic heterocycles. The molecule has 0 saturated heterocycles. The molecular weight excluding hydrogens is 272 g/mol. The number of aliphatic hydroxyl groups is 1. The van der Waals surface area contributed by atoms with Crippen molar-refractivity contribution < 1.29 is 18.4 Å². The molecule has 0 fully saturated rings. The van der Waals surface area contributed by atoms with E-state index in [0.29, 0.717) is 5.56 Å². The molecule has 8 heteroatoms. The lowest BCUT2D eigenvalue weighted by Gasteiger charge is -2.23. The fourth-order valence-corrected chi connectivity index (χ4v) is 3.10. The molecule has 1 rings (SSSR count). The van der Waals surface area contributed by atoms with Crippen molar-refractivity contribution in [3.63, 3.8) is 0 Å². The standard InChI is InChI=1S/C11H16N2O5S/c1-8-6-10(13(15)16)4-5-11(8)19(17,18)12(3)9(2)7-14/h4-6,9,14H,7H2,1-3H3. The van der Waals surface area contributed by atoms with Crippen LogP contribution < -0.4 is 0 Å². The first-order chi connectivity index (χ1) is 8.71. The van der Waals surface area contributed by atoms with Crippen LogP contribution in [0.25, 0.3) is 0 Å². The van der Waals surface area contributed by atoms with Crippen LogP contribution in [-0.2, 0) is 10.0 Å². The maximum Gasteiger partial charge on any atom is 0.269 e. The Hall–Kier alpha value is -1.51. The normalized spacial score (nSPS) is 13.5. The van der Waals surface area contributed by atoms with Crippen LogP contribution in [0.1, 0.15) is 12.5 Å². The third-order valence-corrected chi connectivity index (χ3v) is 5.04. The van der Waals surface area contributed by atoms with Gasteiger partial charge in [0.2, 0.25) is 10.0 Å². The fraction of sp³-hybridized carbons (Fsp3) is 0.455. The Morgan fingerprint density at radius 3 is 2.47 bits per heavy atom. The highest BCUT2D eigenvalue weighted by Gasteiger charge is 2.27. The number of aliphatic hydroxyl groups excluding tert-OH is 1. The first-order valence-corrected chi connectivity index (χ1v) is 6.99. The second-order valence-electron chi connectivity index (χ2n) is 4.26.